The number of allylic oxidation sites excluding steroid dienone is 3. The van der Waals surface area contributed by atoms with Crippen molar-refractivity contribution in [1.29, 1.82) is 0 Å². The van der Waals surface area contributed by atoms with E-state index in [4.69, 9.17) is 28.4 Å². The first kappa shape index (κ1) is 25.1. The largest absolute Gasteiger partial charge is 0.431 e. The van der Waals surface area contributed by atoms with Gasteiger partial charge >= 0.3 is 5.97 Å². The lowest BCUT2D eigenvalue weighted by Crippen LogP contribution is -2.75. The van der Waals surface area contributed by atoms with Gasteiger partial charge in [-0.2, -0.15) is 0 Å². The van der Waals surface area contributed by atoms with Crippen LogP contribution in [0.15, 0.2) is 36.5 Å². The predicted octanol–water partition coefficient (Wildman–Crippen LogP) is 2.51. The molecule has 8 rings (SSSR count). The molecule has 14 atom stereocenters. The fraction of sp³-hybridized carbons (Fsp3) is 0.767. The molecule has 8 aliphatic rings. The van der Waals surface area contributed by atoms with Crippen molar-refractivity contribution in [2.24, 2.45) is 29.6 Å². The molecule has 2 aliphatic carbocycles. The lowest BCUT2D eigenvalue weighted by Gasteiger charge is -2.61. The van der Waals surface area contributed by atoms with Gasteiger partial charge in [-0.1, -0.05) is 44.7 Å². The van der Waals surface area contributed by atoms with Crippen LogP contribution in [0, 0.1) is 29.6 Å². The minimum atomic E-state index is -1.77. The van der Waals surface area contributed by atoms with Gasteiger partial charge in [0, 0.05) is 31.1 Å². The Morgan fingerprint density at radius 2 is 1.85 bits per heavy atom. The molecule has 212 valence electrons. The molecule has 5 saturated heterocycles. The van der Waals surface area contributed by atoms with Crippen molar-refractivity contribution in [1.82, 2.24) is 0 Å². The van der Waals surface area contributed by atoms with E-state index in [1.807, 2.05) is 13.0 Å². The Bertz CT molecular complexity index is 1230. The molecule has 2 saturated carbocycles. The van der Waals surface area contributed by atoms with Gasteiger partial charge in [0.1, 0.15) is 29.5 Å². The Balaban J connectivity index is 1.45. The number of esters is 1. The van der Waals surface area contributed by atoms with Crippen LogP contribution >= 0.6 is 0 Å². The predicted molar refractivity (Wildman–Crippen MR) is 135 cm³/mol. The summed E-state index contributed by atoms with van der Waals surface area (Å²) in [5.41, 5.74) is -4.21. The van der Waals surface area contributed by atoms with E-state index >= 15 is 0 Å². The summed E-state index contributed by atoms with van der Waals surface area (Å²) in [5, 5.41) is 22.9. The highest BCUT2D eigenvalue weighted by atomic mass is 16.9. The van der Waals surface area contributed by atoms with Crippen molar-refractivity contribution in [3.8, 4) is 0 Å². The molecule has 1 unspecified atom stereocenters. The first-order chi connectivity index (χ1) is 18.5. The fourth-order valence-electron chi connectivity index (χ4n) is 10.1. The zero-order valence-corrected chi connectivity index (χ0v) is 22.9. The normalized spacial score (nSPS) is 63.2. The highest BCUT2D eigenvalue weighted by Gasteiger charge is 2.93. The first-order valence-corrected chi connectivity index (χ1v) is 14.4. The minimum absolute atomic E-state index is 0.0274. The van der Waals surface area contributed by atoms with Crippen LogP contribution in [-0.2, 0) is 33.2 Å². The number of ether oxygens (including phenoxy) is 6. The zero-order valence-electron chi connectivity index (χ0n) is 22.9. The van der Waals surface area contributed by atoms with Crippen molar-refractivity contribution in [3.05, 3.63) is 36.5 Å². The summed E-state index contributed by atoms with van der Waals surface area (Å²) in [5.74, 6) is -4.74. The van der Waals surface area contributed by atoms with Crippen LogP contribution in [0.3, 0.4) is 0 Å². The SMILES string of the molecule is C=C(C)[C@]12C[C@@H](C)[C@]34OC5(C/C=C\C/C=C/C[C@@H](C)[C@@H]6[C@@H]3[C@]3(O[C@@]6(C)OC3=O)[C@H](O)[C@@]3(CO)O[C@H]3[C@H]4[C@H]1O5)O2. The molecule has 39 heavy (non-hydrogen) atoms. The van der Waals surface area contributed by atoms with E-state index in [-0.39, 0.29) is 17.8 Å². The maximum Gasteiger partial charge on any atom is 0.344 e. The number of aliphatic hydroxyl groups is 2. The summed E-state index contributed by atoms with van der Waals surface area (Å²) in [7, 11) is 0. The molecule has 3 spiro atoms. The summed E-state index contributed by atoms with van der Waals surface area (Å²) < 4.78 is 39.9. The van der Waals surface area contributed by atoms with Gasteiger partial charge in [0.15, 0.2) is 0 Å². The van der Waals surface area contributed by atoms with E-state index in [0.717, 1.165) is 18.4 Å². The Morgan fingerprint density at radius 3 is 2.59 bits per heavy atom. The molecule has 0 aromatic rings. The zero-order chi connectivity index (χ0) is 27.4. The number of epoxide rings is 1. The van der Waals surface area contributed by atoms with Crippen LogP contribution in [0.4, 0.5) is 0 Å². The van der Waals surface area contributed by atoms with Crippen LogP contribution < -0.4 is 0 Å². The molecule has 5 bridgehead atoms. The second-order valence-corrected chi connectivity index (χ2v) is 13.5. The van der Waals surface area contributed by atoms with Crippen LogP contribution in [-0.4, -0.2) is 75.3 Å². The number of fused-ring (bicyclic) bond motifs is 3. The van der Waals surface area contributed by atoms with Crippen molar-refractivity contribution >= 4 is 5.97 Å². The molecular weight excluding hydrogens is 504 g/mol. The van der Waals surface area contributed by atoms with E-state index < -0.39 is 76.9 Å². The standard InChI is InChI=1S/C30H38O9/c1-15(2)26-13-17(4)29-19-21(26)35-28(38-26,39-29)12-10-8-6-7-9-11-16(3)18-20(29)30(24(33)36-25(18,5)37-30)23(32)27(14-31)22(19)34-27/h7-10,16-23,31-32H,1,6,11-14H2,2-5H3/b9-7+,10-8-/t16-,17-,18-,19-,20+,21-,22+,23-,25-,26-,27+,28?,29-,30+/m1/s1. The van der Waals surface area contributed by atoms with Gasteiger partial charge in [-0.25, -0.2) is 4.79 Å². The lowest BCUT2D eigenvalue weighted by molar-refractivity contribution is -0.431. The topological polar surface area (TPSA) is 116 Å². The maximum atomic E-state index is 14.0. The Kier molecular flexibility index (Phi) is 4.67. The lowest BCUT2D eigenvalue weighted by atomic mass is 9.50. The van der Waals surface area contributed by atoms with Crippen molar-refractivity contribution in [2.45, 2.75) is 106 Å². The minimum Gasteiger partial charge on any atom is -0.431 e. The van der Waals surface area contributed by atoms with Gasteiger partial charge in [0.2, 0.25) is 11.4 Å². The number of rotatable bonds is 2. The van der Waals surface area contributed by atoms with E-state index in [0.29, 0.717) is 12.8 Å². The number of carbonyl (C=O) groups is 1. The van der Waals surface area contributed by atoms with Gasteiger partial charge in [-0.05, 0) is 43.6 Å². The molecule has 2 N–H and O–H groups in total. The highest BCUT2D eigenvalue weighted by molar-refractivity contribution is 5.85. The molecule has 0 aromatic carbocycles. The second-order valence-electron chi connectivity index (χ2n) is 13.5. The first-order valence-electron chi connectivity index (χ1n) is 14.4. The van der Waals surface area contributed by atoms with E-state index in [2.05, 4.69) is 38.7 Å². The van der Waals surface area contributed by atoms with Crippen LogP contribution in [0.1, 0.15) is 53.4 Å². The summed E-state index contributed by atoms with van der Waals surface area (Å²) >= 11 is 0. The molecule has 0 aromatic heterocycles. The third kappa shape index (κ3) is 2.53. The summed E-state index contributed by atoms with van der Waals surface area (Å²) in [6, 6.07) is 0. The van der Waals surface area contributed by atoms with Crippen LogP contribution in [0.2, 0.25) is 0 Å². The van der Waals surface area contributed by atoms with Crippen LogP contribution in [0.5, 0.6) is 0 Å². The fourth-order valence-corrected chi connectivity index (χ4v) is 10.1. The van der Waals surface area contributed by atoms with Crippen molar-refractivity contribution in [3.63, 3.8) is 0 Å². The molecule has 0 radical (unpaired) electrons. The van der Waals surface area contributed by atoms with Gasteiger partial charge in [-0.15, -0.1) is 0 Å². The molecule has 6 aliphatic heterocycles. The Morgan fingerprint density at radius 1 is 1.08 bits per heavy atom. The van der Waals surface area contributed by atoms with Crippen molar-refractivity contribution < 1.29 is 43.4 Å². The summed E-state index contributed by atoms with van der Waals surface area (Å²) in [6.07, 6.45) is 8.25. The van der Waals surface area contributed by atoms with Gasteiger partial charge in [0.25, 0.3) is 5.97 Å². The molecule has 0 amide bonds. The van der Waals surface area contributed by atoms with Gasteiger partial charge in [-0.3, -0.25) is 0 Å². The molecule has 9 heteroatoms. The smallest absolute Gasteiger partial charge is 0.344 e. The molecular formula is C30H38O9. The summed E-state index contributed by atoms with van der Waals surface area (Å²) in [4.78, 5) is 14.0. The highest BCUT2D eigenvalue weighted by Crippen LogP contribution is 2.77. The van der Waals surface area contributed by atoms with Gasteiger partial charge < -0.3 is 38.6 Å². The van der Waals surface area contributed by atoms with Gasteiger partial charge in [0.05, 0.1) is 12.2 Å². The van der Waals surface area contributed by atoms with E-state index in [1.165, 1.54) is 0 Å². The molecule has 9 nitrogen and oxygen atoms in total. The maximum absolute atomic E-state index is 14.0. The monoisotopic (exact) mass is 542 g/mol. The number of hydrogen-bond donors (Lipinski definition) is 2. The van der Waals surface area contributed by atoms with E-state index in [1.54, 1.807) is 6.92 Å². The summed E-state index contributed by atoms with van der Waals surface area (Å²) in [6.45, 7) is 11.9. The molecule has 6 heterocycles. The quantitative estimate of drug-likeness (QED) is 0.308. The third-order valence-corrected chi connectivity index (χ3v) is 11.6. The number of hydrogen-bond acceptors (Lipinski definition) is 9. The van der Waals surface area contributed by atoms with E-state index in [9.17, 15) is 15.0 Å². The average molecular weight is 543 g/mol. The van der Waals surface area contributed by atoms with Crippen molar-refractivity contribution in [2.75, 3.05) is 6.61 Å². The second kappa shape index (κ2) is 7.24. The Hall–Kier alpha value is -1.59. The van der Waals surface area contributed by atoms with Crippen LogP contribution in [0.25, 0.3) is 0 Å². The average Bonchev–Trinajstić information content (AvgIpc) is 3.39. The Labute approximate surface area is 228 Å². The molecule has 7 fully saturated rings. The third-order valence-electron chi connectivity index (χ3n) is 11.6. The number of carbonyl (C=O) groups excluding carboxylic acids is 1. The number of aliphatic hydroxyl groups excluding tert-OH is 2.